The maximum atomic E-state index is 5.56. The molecule has 0 amide bonds. The number of pyridine rings is 1. The van der Waals surface area contributed by atoms with Crippen LogP contribution < -0.4 is 10.1 Å². The van der Waals surface area contributed by atoms with E-state index in [-0.39, 0.29) is 12.1 Å². The minimum atomic E-state index is -0.0867. The molecular formula is C19H22N4O. The number of benzene rings is 1. The minimum Gasteiger partial charge on any atom is -0.496 e. The van der Waals surface area contributed by atoms with Gasteiger partial charge in [0.15, 0.2) is 0 Å². The highest BCUT2D eigenvalue weighted by Crippen LogP contribution is 2.31. The summed E-state index contributed by atoms with van der Waals surface area (Å²) in [7, 11) is 3.69. The van der Waals surface area contributed by atoms with Crippen LogP contribution in [0.3, 0.4) is 0 Å². The summed E-state index contributed by atoms with van der Waals surface area (Å²) in [5, 5.41) is 3.66. The molecule has 1 N–H and O–H groups in total. The molecule has 5 heteroatoms. The van der Waals surface area contributed by atoms with Gasteiger partial charge in [-0.1, -0.05) is 24.3 Å². The van der Waals surface area contributed by atoms with Crippen LogP contribution in [0.15, 0.2) is 61.2 Å². The van der Waals surface area contributed by atoms with Gasteiger partial charge in [0.05, 0.1) is 13.2 Å². The fourth-order valence-corrected chi connectivity index (χ4v) is 2.84. The smallest absolute Gasteiger partial charge is 0.130 e. The van der Waals surface area contributed by atoms with Crippen molar-refractivity contribution in [3.05, 3.63) is 78.1 Å². The van der Waals surface area contributed by atoms with Crippen LogP contribution in [0.25, 0.3) is 0 Å². The minimum absolute atomic E-state index is 0.0867. The van der Waals surface area contributed by atoms with E-state index < -0.39 is 0 Å². The summed E-state index contributed by atoms with van der Waals surface area (Å²) in [6, 6.07) is 12.1. The Morgan fingerprint density at radius 2 is 1.96 bits per heavy atom. The number of hydrogen-bond donors (Lipinski definition) is 1. The van der Waals surface area contributed by atoms with Crippen LogP contribution in [0, 0.1) is 0 Å². The molecule has 0 aliphatic rings. The second kappa shape index (κ2) is 7.27. The molecule has 0 aliphatic heterocycles. The molecule has 1 aromatic carbocycles. The summed E-state index contributed by atoms with van der Waals surface area (Å²) >= 11 is 0. The van der Waals surface area contributed by atoms with Crippen LogP contribution in [0.2, 0.25) is 0 Å². The molecule has 124 valence electrons. The van der Waals surface area contributed by atoms with E-state index in [1.54, 1.807) is 13.3 Å². The maximum absolute atomic E-state index is 5.56. The molecule has 2 heterocycles. The van der Waals surface area contributed by atoms with E-state index in [0.717, 1.165) is 22.7 Å². The van der Waals surface area contributed by atoms with Crippen LogP contribution in [-0.2, 0) is 7.05 Å². The summed E-state index contributed by atoms with van der Waals surface area (Å²) in [5.74, 6) is 1.78. The van der Waals surface area contributed by atoms with E-state index in [2.05, 4.69) is 34.3 Å². The van der Waals surface area contributed by atoms with Gasteiger partial charge in [-0.3, -0.25) is 10.3 Å². The summed E-state index contributed by atoms with van der Waals surface area (Å²) in [5.41, 5.74) is 2.19. The van der Waals surface area contributed by atoms with Crippen LogP contribution in [-0.4, -0.2) is 21.6 Å². The molecule has 0 aliphatic carbocycles. The zero-order valence-corrected chi connectivity index (χ0v) is 14.2. The van der Waals surface area contributed by atoms with Crippen molar-refractivity contribution in [3.63, 3.8) is 0 Å². The van der Waals surface area contributed by atoms with Gasteiger partial charge in [-0.25, -0.2) is 4.98 Å². The number of nitrogens with zero attached hydrogens (tertiary/aromatic N) is 3. The van der Waals surface area contributed by atoms with Crippen LogP contribution in [0.1, 0.15) is 36.0 Å². The maximum Gasteiger partial charge on any atom is 0.130 e. The van der Waals surface area contributed by atoms with Gasteiger partial charge < -0.3 is 9.30 Å². The molecule has 2 aromatic heterocycles. The number of ether oxygens (including phenoxy) is 1. The van der Waals surface area contributed by atoms with Crippen molar-refractivity contribution in [2.24, 2.45) is 7.05 Å². The Morgan fingerprint density at radius 3 is 2.62 bits per heavy atom. The molecule has 0 unspecified atom stereocenters. The second-order valence-electron chi connectivity index (χ2n) is 5.75. The van der Waals surface area contributed by atoms with Gasteiger partial charge in [0.1, 0.15) is 11.6 Å². The third-order valence-corrected chi connectivity index (χ3v) is 4.17. The van der Waals surface area contributed by atoms with E-state index in [1.807, 2.05) is 54.5 Å². The fraction of sp³-hybridized carbons (Fsp3) is 0.263. The first-order valence-corrected chi connectivity index (χ1v) is 7.97. The molecule has 0 radical (unpaired) electrons. The molecule has 0 fully saturated rings. The monoisotopic (exact) mass is 322 g/mol. The van der Waals surface area contributed by atoms with Gasteiger partial charge >= 0.3 is 0 Å². The molecule has 3 aromatic rings. The molecule has 5 nitrogen and oxygen atoms in total. The zero-order chi connectivity index (χ0) is 16.9. The van der Waals surface area contributed by atoms with E-state index in [9.17, 15) is 0 Å². The Bertz CT molecular complexity index is 785. The average molecular weight is 322 g/mol. The molecule has 0 bridgehead atoms. The van der Waals surface area contributed by atoms with E-state index in [4.69, 9.17) is 4.74 Å². The van der Waals surface area contributed by atoms with Gasteiger partial charge in [0, 0.05) is 43.4 Å². The third-order valence-electron chi connectivity index (χ3n) is 4.17. The highest BCUT2D eigenvalue weighted by atomic mass is 16.5. The quantitative estimate of drug-likeness (QED) is 0.757. The Kier molecular flexibility index (Phi) is 4.91. The number of hydrogen-bond acceptors (Lipinski definition) is 4. The number of aryl methyl sites for hydroxylation is 1. The average Bonchev–Trinajstić information content (AvgIpc) is 3.06. The van der Waals surface area contributed by atoms with Crippen molar-refractivity contribution in [3.8, 4) is 5.75 Å². The molecule has 0 spiro atoms. The second-order valence-corrected chi connectivity index (χ2v) is 5.75. The summed E-state index contributed by atoms with van der Waals surface area (Å²) in [6.07, 6.45) is 7.43. The van der Waals surface area contributed by atoms with Gasteiger partial charge in [-0.05, 0) is 24.6 Å². The Morgan fingerprint density at radius 1 is 1.12 bits per heavy atom. The lowest BCUT2D eigenvalue weighted by atomic mass is 10.0. The standard InChI is InChI=1S/C19H22N4O/c1-14(15-7-6-10-20-13-15)22-18(19-21-11-12-23(19)2)16-8-4-5-9-17(16)24-3/h4-14,18,22H,1-3H3/t14-,18-/m0/s1. The van der Waals surface area contributed by atoms with Crippen molar-refractivity contribution >= 4 is 0 Å². The van der Waals surface area contributed by atoms with Gasteiger partial charge in [0.2, 0.25) is 0 Å². The van der Waals surface area contributed by atoms with Gasteiger partial charge in [0.25, 0.3) is 0 Å². The summed E-state index contributed by atoms with van der Waals surface area (Å²) in [4.78, 5) is 8.76. The summed E-state index contributed by atoms with van der Waals surface area (Å²) in [6.45, 7) is 2.13. The van der Waals surface area contributed by atoms with Crippen molar-refractivity contribution in [2.45, 2.75) is 19.0 Å². The van der Waals surface area contributed by atoms with Crippen LogP contribution in [0.4, 0.5) is 0 Å². The largest absolute Gasteiger partial charge is 0.496 e. The van der Waals surface area contributed by atoms with Gasteiger partial charge in [-0.15, -0.1) is 0 Å². The van der Waals surface area contributed by atoms with Gasteiger partial charge in [-0.2, -0.15) is 0 Å². The van der Waals surface area contributed by atoms with Crippen molar-refractivity contribution in [1.82, 2.24) is 19.9 Å². The van der Waals surface area contributed by atoms with Crippen LogP contribution in [0.5, 0.6) is 5.75 Å². The predicted octanol–water partition coefficient (Wildman–Crippen LogP) is 3.26. The van der Waals surface area contributed by atoms with Crippen LogP contribution >= 0.6 is 0 Å². The van der Waals surface area contributed by atoms with E-state index >= 15 is 0 Å². The van der Waals surface area contributed by atoms with Crippen molar-refractivity contribution < 1.29 is 4.74 Å². The molecule has 2 atom stereocenters. The number of para-hydroxylation sites is 1. The molecule has 0 saturated heterocycles. The Balaban J connectivity index is 1.99. The topological polar surface area (TPSA) is 52.0 Å². The fourth-order valence-electron chi connectivity index (χ4n) is 2.84. The molecule has 3 rings (SSSR count). The molecule has 24 heavy (non-hydrogen) atoms. The lowest BCUT2D eigenvalue weighted by Gasteiger charge is -2.25. The first kappa shape index (κ1) is 16.2. The highest BCUT2D eigenvalue weighted by molar-refractivity contribution is 5.39. The SMILES string of the molecule is COc1ccccc1[C@H](N[C@@H](C)c1cccnc1)c1nccn1C. The highest BCUT2D eigenvalue weighted by Gasteiger charge is 2.23. The normalized spacial score (nSPS) is 13.5. The van der Waals surface area contributed by atoms with Crippen molar-refractivity contribution in [2.75, 3.05) is 7.11 Å². The number of imidazole rings is 1. The number of aromatic nitrogens is 3. The van der Waals surface area contributed by atoms with E-state index in [1.165, 1.54) is 0 Å². The van der Waals surface area contributed by atoms with E-state index in [0.29, 0.717) is 0 Å². The number of methoxy groups -OCH3 is 1. The predicted molar refractivity (Wildman–Crippen MR) is 93.8 cm³/mol. The first-order chi connectivity index (χ1) is 11.7. The lowest BCUT2D eigenvalue weighted by Crippen LogP contribution is -2.28. The number of rotatable bonds is 6. The molecular weight excluding hydrogens is 300 g/mol. The number of nitrogens with one attached hydrogen (secondary N) is 1. The lowest BCUT2D eigenvalue weighted by molar-refractivity contribution is 0.396. The Hall–Kier alpha value is -2.66. The third kappa shape index (κ3) is 3.31. The Labute approximate surface area is 142 Å². The van der Waals surface area contributed by atoms with Crippen molar-refractivity contribution in [1.29, 1.82) is 0 Å². The molecule has 0 saturated carbocycles. The first-order valence-electron chi connectivity index (χ1n) is 7.97. The zero-order valence-electron chi connectivity index (χ0n) is 14.2. The summed E-state index contributed by atoms with van der Waals surface area (Å²) < 4.78 is 7.59.